The van der Waals surface area contributed by atoms with Crippen molar-refractivity contribution in [2.45, 2.75) is 13.8 Å². The van der Waals surface area contributed by atoms with Gasteiger partial charge < -0.3 is 9.47 Å². The summed E-state index contributed by atoms with van der Waals surface area (Å²) in [5.41, 5.74) is 1.91. The zero-order chi connectivity index (χ0) is 24.9. The third-order valence-corrected chi connectivity index (χ3v) is 5.18. The first-order chi connectivity index (χ1) is 16.9. The number of anilines is 1. The number of barbiturate groups is 1. The molecule has 1 fully saturated rings. The molecule has 0 spiro atoms. The summed E-state index contributed by atoms with van der Waals surface area (Å²) in [7, 11) is 0. The summed E-state index contributed by atoms with van der Waals surface area (Å²) in [6.45, 7) is 3.95. The smallest absolute Gasteiger partial charge is 0.343 e. The molecule has 0 bridgehead atoms. The molecular weight excluding hydrogens is 448 g/mol. The van der Waals surface area contributed by atoms with Crippen LogP contribution in [0.2, 0.25) is 0 Å². The van der Waals surface area contributed by atoms with Crippen LogP contribution in [-0.4, -0.2) is 30.4 Å². The van der Waals surface area contributed by atoms with Crippen molar-refractivity contribution in [3.63, 3.8) is 0 Å². The largest absolute Gasteiger partial charge is 0.490 e. The average molecular weight is 470 g/mol. The SMILES string of the molecule is CCOc1cc(/C=C2\C(=O)NC(=O)N(c3ccc(C)cc3)C2=O)ccc1OC(=O)c1ccccc1. The fraction of sp³-hybridized carbons (Fsp3) is 0.111. The Morgan fingerprint density at radius 3 is 2.34 bits per heavy atom. The maximum atomic E-state index is 13.1. The van der Waals surface area contributed by atoms with E-state index in [0.29, 0.717) is 23.4 Å². The lowest BCUT2D eigenvalue weighted by molar-refractivity contribution is -0.122. The minimum atomic E-state index is -0.820. The molecule has 3 aromatic carbocycles. The van der Waals surface area contributed by atoms with Crippen molar-refractivity contribution in [3.05, 3.63) is 95.1 Å². The van der Waals surface area contributed by atoms with Gasteiger partial charge in [0.15, 0.2) is 11.5 Å². The second-order valence-electron chi connectivity index (χ2n) is 7.69. The van der Waals surface area contributed by atoms with Gasteiger partial charge in [-0.3, -0.25) is 14.9 Å². The van der Waals surface area contributed by atoms with E-state index in [9.17, 15) is 19.2 Å². The molecule has 176 valence electrons. The Morgan fingerprint density at radius 2 is 1.66 bits per heavy atom. The molecule has 0 aliphatic carbocycles. The predicted octanol–water partition coefficient (Wildman–Crippen LogP) is 4.28. The molecule has 35 heavy (non-hydrogen) atoms. The Balaban J connectivity index is 1.64. The highest BCUT2D eigenvalue weighted by molar-refractivity contribution is 6.39. The zero-order valence-corrected chi connectivity index (χ0v) is 19.1. The van der Waals surface area contributed by atoms with Crippen LogP contribution in [0.25, 0.3) is 6.08 Å². The van der Waals surface area contributed by atoms with Gasteiger partial charge in [-0.15, -0.1) is 0 Å². The third kappa shape index (κ3) is 5.11. The number of carbonyl (C=O) groups excluding carboxylic acids is 4. The van der Waals surface area contributed by atoms with E-state index in [1.807, 2.05) is 6.92 Å². The van der Waals surface area contributed by atoms with E-state index in [2.05, 4.69) is 5.32 Å². The summed E-state index contributed by atoms with van der Waals surface area (Å²) in [4.78, 5) is 51.3. The van der Waals surface area contributed by atoms with Gasteiger partial charge in [0, 0.05) is 0 Å². The number of urea groups is 1. The summed E-state index contributed by atoms with van der Waals surface area (Å²) in [5.74, 6) is -1.65. The van der Waals surface area contributed by atoms with E-state index in [4.69, 9.17) is 9.47 Å². The number of nitrogens with one attached hydrogen (secondary N) is 1. The number of benzene rings is 3. The molecule has 1 aliphatic rings. The fourth-order valence-electron chi connectivity index (χ4n) is 3.45. The molecule has 4 amide bonds. The fourth-order valence-corrected chi connectivity index (χ4v) is 3.45. The molecule has 3 aromatic rings. The first kappa shape index (κ1) is 23.4. The van der Waals surface area contributed by atoms with Gasteiger partial charge in [0.1, 0.15) is 5.57 Å². The van der Waals surface area contributed by atoms with E-state index in [0.717, 1.165) is 10.5 Å². The summed E-state index contributed by atoms with van der Waals surface area (Å²) in [5, 5.41) is 2.20. The molecule has 4 rings (SSSR count). The first-order valence-corrected chi connectivity index (χ1v) is 10.9. The van der Waals surface area contributed by atoms with Crippen LogP contribution < -0.4 is 19.7 Å². The number of amides is 4. The van der Waals surface area contributed by atoms with E-state index >= 15 is 0 Å². The molecule has 8 heteroatoms. The van der Waals surface area contributed by atoms with Gasteiger partial charge in [-0.1, -0.05) is 42.0 Å². The van der Waals surface area contributed by atoms with Crippen molar-refractivity contribution >= 4 is 35.6 Å². The quantitative estimate of drug-likeness (QED) is 0.250. The van der Waals surface area contributed by atoms with Crippen molar-refractivity contribution in [1.29, 1.82) is 0 Å². The number of esters is 1. The Hall–Kier alpha value is -4.72. The van der Waals surface area contributed by atoms with E-state index in [-0.39, 0.29) is 17.1 Å². The average Bonchev–Trinajstić information content (AvgIpc) is 2.85. The maximum Gasteiger partial charge on any atom is 0.343 e. The maximum absolute atomic E-state index is 13.1. The Labute approximate surface area is 201 Å². The zero-order valence-electron chi connectivity index (χ0n) is 19.1. The Bertz CT molecular complexity index is 1330. The van der Waals surface area contributed by atoms with Gasteiger partial charge in [-0.05, 0) is 61.9 Å². The minimum absolute atomic E-state index is 0.193. The number of aryl methyl sites for hydroxylation is 1. The highest BCUT2D eigenvalue weighted by Crippen LogP contribution is 2.31. The molecule has 0 saturated carbocycles. The second-order valence-corrected chi connectivity index (χ2v) is 7.69. The van der Waals surface area contributed by atoms with Crippen molar-refractivity contribution in [3.8, 4) is 11.5 Å². The van der Waals surface area contributed by atoms with Crippen LogP contribution in [-0.2, 0) is 9.59 Å². The Kier molecular flexibility index (Phi) is 6.73. The molecule has 1 aliphatic heterocycles. The van der Waals surface area contributed by atoms with E-state index in [1.165, 1.54) is 12.1 Å². The van der Waals surface area contributed by atoms with Crippen LogP contribution in [0.3, 0.4) is 0 Å². The molecule has 1 saturated heterocycles. The molecule has 0 radical (unpaired) electrons. The van der Waals surface area contributed by atoms with Gasteiger partial charge in [0.05, 0.1) is 17.9 Å². The summed E-state index contributed by atoms with van der Waals surface area (Å²) in [6, 6.07) is 19.1. The van der Waals surface area contributed by atoms with Gasteiger partial charge >= 0.3 is 12.0 Å². The van der Waals surface area contributed by atoms with Gasteiger partial charge in [-0.25, -0.2) is 14.5 Å². The number of carbonyl (C=O) groups is 4. The highest BCUT2D eigenvalue weighted by Gasteiger charge is 2.36. The summed E-state index contributed by atoms with van der Waals surface area (Å²) in [6.07, 6.45) is 1.36. The molecule has 0 aromatic heterocycles. The van der Waals surface area contributed by atoms with E-state index in [1.54, 1.807) is 73.7 Å². The summed E-state index contributed by atoms with van der Waals surface area (Å²) >= 11 is 0. The van der Waals surface area contributed by atoms with Crippen molar-refractivity contribution in [2.75, 3.05) is 11.5 Å². The van der Waals surface area contributed by atoms with E-state index < -0.39 is 23.8 Å². The number of rotatable bonds is 6. The molecule has 1 N–H and O–H groups in total. The number of hydrogen-bond acceptors (Lipinski definition) is 6. The minimum Gasteiger partial charge on any atom is -0.490 e. The van der Waals surface area contributed by atoms with Crippen molar-refractivity contribution in [1.82, 2.24) is 5.32 Å². The Morgan fingerprint density at radius 1 is 0.943 bits per heavy atom. The third-order valence-electron chi connectivity index (χ3n) is 5.18. The number of ether oxygens (including phenoxy) is 2. The van der Waals surface area contributed by atoms with Crippen LogP contribution in [0.1, 0.15) is 28.4 Å². The van der Waals surface area contributed by atoms with Crippen molar-refractivity contribution < 1.29 is 28.7 Å². The van der Waals surface area contributed by atoms with Gasteiger partial charge in [0.2, 0.25) is 0 Å². The molecule has 8 nitrogen and oxygen atoms in total. The van der Waals surface area contributed by atoms with Crippen LogP contribution >= 0.6 is 0 Å². The normalized spacial score (nSPS) is 14.6. The second kappa shape index (κ2) is 10.0. The van der Waals surface area contributed by atoms with Gasteiger partial charge in [0.25, 0.3) is 11.8 Å². The first-order valence-electron chi connectivity index (χ1n) is 10.9. The molecule has 0 atom stereocenters. The molecule has 1 heterocycles. The van der Waals surface area contributed by atoms with Crippen LogP contribution in [0, 0.1) is 6.92 Å². The van der Waals surface area contributed by atoms with Crippen molar-refractivity contribution in [2.24, 2.45) is 0 Å². The lowest BCUT2D eigenvalue weighted by Crippen LogP contribution is -2.54. The highest BCUT2D eigenvalue weighted by atomic mass is 16.6. The lowest BCUT2D eigenvalue weighted by Gasteiger charge is -2.26. The van der Waals surface area contributed by atoms with Crippen LogP contribution in [0.4, 0.5) is 10.5 Å². The van der Waals surface area contributed by atoms with Gasteiger partial charge in [-0.2, -0.15) is 0 Å². The summed E-state index contributed by atoms with van der Waals surface area (Å²) < 4.78 is 11.1. The molecule has 0 unspecified atom stereocenters. The number of hydrogen-bond donors (Lipinski definition) is 1. The number of nitrogens with zero attached hydrogens (tertiary/aromatic N) is 1. The monoisotopic (exact) mass is 470 g/mol. The van der Waals surface area contributed by atoms with Crippen LogP contribution in [0.5, 0.6) is 11.5 Å². The topological polar surface area (TPSA) is 102 Å². The standard InChI is InChI=1S/C27H22N2O6/c1-3-34-23-16-18(11-14-22(23)35-26(32)19-7-5-4-6-8-19)15-21-24(30)28-27(33)29(25(21)31)20-12-9-17(2)10-13-20/h4-16H,3H2,1-2H3,(H,28,30,33)/b21-15+. The lowest BCUT2D eigenvalue weighted by atomic mass is 10.1. The van der Waals surface area contributed by atoms with Crippen LogP contribution in [0.15, 0.2) is 78.4 Å². The predicted molar refractivity (Wildman–Crippen MR) is 129 cm³/mol. The molecular formula is C27H22N2O6. The number of imide groups is 2.